The van der Waals surface area contributed by atoms with Crippen LogP contribution in [0.4, 0.5) is 26.3 Å². The Morgan fingerprint density at radius 2 is 1.39 bits per heavy atom. The highest BCUT2D eigenvalue weighted by Crippen LogP contribution is 2.46. The molecule has 0 saturated heterocycles. The third-order valence-corrected chi connectivity index (χ3v) is 2.53. The molecule has 1 nitrogen and oxygen atoms in total. The number of alkyl halides is 6. The average molecular weight is 272 g/mol. The van der Waals surface area contributed by atoms with Crippen molar-refractivity contribution in [1.29, 1.82) is 0 Å². The summed E-state index contributed by atoms with van der Waals surface area (Å²) in [5, 5.41) is 9.39. The number of hydrogen-bond donors (Lipinski definition) is 1. The molecular formula is C11H10F6O. The van der Waals surface area contributed by atoms with Gasteiger partial charge in [0.2, 0.25) is 0 Å². The second-order valence-electron chi connectivity index (χ2n) is 3.86. The molecule has 1 atom stereocenters. The van der Waals surface area contributed by atoms with Gasteiger partial charge in [0.05, 0.1) is 6.10 Å². The maximum Gasteiger partial charge on any atom is 0.403 e. The summed E-state index contributed by atoms with van der Waals surface area (Å²) in [6.07, 6.45) is -13.8. The van der Waals surface area contributed by atoms with Crippen LogP contribution in [0.5, 0.6) is 0 Å². The molecular weight excluding hydrogens is 262 g/mol. The van der Waals surface area contributed by atoms with Gasteiger partial charge in [-0.05, 0) is 18.1 Å². The molecule has 0 aliphatic rings. The molecule has 0 aliphatic heterocycles. The molecule has 1 aromatic carbocycles. The molecule has 0 aromatic heterocycles. The van der Waals surface area contributed by atoms with Crippen LogP contribution in [-0.2, 0) is 0 Å². The van der Waals surface area contributed by atoms with E-state index in [1.54, 1.807) is 0 Å². The van der Waals surface area contributed by atoms with E-state index in [-0.39, 0.29) is 11.1 Å². The van der Waals surface area contributed by atoms with Gasteiger partial charge in [-0.1, -0.05) is 24.3 Å². The average Bonchev–Trinajstić information content (AvgIpc) is 2.13. The lowest BCUT2D eigenvalue weighted by Crippen LogP contribution is -2.41. The first-order valence-corrected chi connectivity index (χ1v) is 4.92. The molecule has 0 bridgehead atoms. The summed E-state index contributed by atoms with van der Waals surface area (Å²) in [7, 11) is 0. The Kier molecular flexibility index (Phi) is 3.95. The summed E-state index contributed by atoms with van der Waals surface area (Å²) in [5.74, 6) is -3.79. The van der Waals surface area contributed by atoms with E-state index in [1.807, 2.05) is 0 Å². The van der Waals surface area contributed by atoms with Gasteiger partial charge in [0.15, 0.2) is 5.92 Å². The quantitative estimate of drug-likeness (QED) is 0.812. The fourth-order valence-electron chi connectivity index (χ4n) is 1.64. The van der Waals surface area contributed by atoms with E-state index in [1.165, 1.54) is 25.1 Å². The Bertz CT molecular complexity index is 395. The highest BCUT2D eigenvalue weighted by Gasteiger charge is 2.60. The second-order valence-corrected chi connectivity index (χ2v) is 3.86. The molecule has 0 radical (unpaired) electrons. The standard InChI is InChI=1S/C11H10F6O/c1-6-4-2-3-5-7(6)8(18)9(10(12,13)14)11(15,16)17/h2-5,8-9,18H,1H3. The number of hydrogen-bond acceptors (Lipinski definition) is 1. The highest BCUT2D eigenvalue weighted by atomic mass is 19.4. The zero-order valence-corrected chi connectivity index (χ0v) is 9.18. The molecule has 1 N–H and O–H groups in total. The minimum atomic E-state index is -5.56. The summed E-state index contributed by atoms with van der Waals surface area (Å²) >= 11 is 0. The Labute approximate surface area is 99.0 Å². The van der Waals surface area contributed by atoms with Crippen molar-refractivity contribution in [3.05, 3.63) is 35.4 Å². The van der Waals surface area contributed by atoms with Gasteiger partial charge in [0.25, 0.3) is 0 Å². The van der Waals surface area contributed by atoms with Crippen LogP contribution in [0.3, 0.4) is 0 Å². The Morgan fingerprint density at radius 3 is 1.78 bits per heavy atom. The maximum absolute atomic E-state index is 12.4. The van der Waals surface area contributed by atoms with Crippen LogP contribution in [0.15, 0.2) is 24.3 Å². The smallest absolute Gasteiger partial charge is 0.387 e. The molecule has 102 valence electrons. The van der Waals surface area contributed by atoms with Crippen molar-refractivity contribution < 1.29 is 31.4 Å². The molecule has 1 rings (SSSR count). The van der Waals surface area contributed by atoms with Crippen molar-refractivity contribution in [2.75, 3.05) is 0 Å². The molecule has 0 fully saturated rings. The van der Waals surface area contributed by atoms with Gasteiger partial charge >= 0.3 is 12.4 Å². The van der Waals surface area contributed by atoms with E-state index >= 15 is 0 Å². The fraction of sp³-hybridized carbons (Fsp3) is 0.455. The largest absolute Gasteiger partial charge is 0.403 e. The Morgan fingerprint density at radius 1 is 0.944 bits per heavy atom. The molecule has 1 aromatic rings. The van der Waals surface area contributed by atoms with Crippen LogP contribution in [-0.4, -0.2) is 17.5 Å². The number of rotatable bonds is 2. The van der Waals surface area contributed by atoms with E-state index < -0.39 is 24.4 Å². The lowest BCUT2D eigenvalue weighted by atomic mass is 9.92. The number of aryl methyl sites for hydroxylation is 1. The summed E-state index contributed by atoms with van der Waals surface area (Å²) < 4.78 is 74.4. The van der Waals surface area contributed by atoms with Crippen molar-refractivity contribution in [3.8, 4) is 0 Å². The Balaban J connectivity index is 3.20. The van der Waals surface area contributed by atoms with Crippen molar-refractivity contribution in [1.82, 2.24) is 0 Å². The summed E-state index contributed by atoms with van der Waals surface area (Å²) in [6.45, 7) is 1.34. The van der Waals surface area contributed by atoms with E-state index in [0.29, 0.717) is 0 Å². The van der Waals surface area contributed by atoms with Crippen LogP contribution in [0, 0.1) is 12.8 Å². The maximum atomic E-state index is 12.4. The van der Waals surface area contributed by atoms with E-state index in [9.17, 15) is 31.4 Å². The number of benzene rings is 1. The van der Waals surface area contributed by atoms with Crippen LogP contribution < -0.4 is 0 Å². The van der Waals surface area contributed by atoms with Gasteiger partial charge in [-0.2, -0.15) is 26.3 Å². The topological polar surface area (TPSA) is 20.2 Å². The molecule has 0 spiro atoms. The SMILES string of the molecule is Cc1ccccc1C(O)C(C(F)(F)F)C(F)(F)F. The van der Waals surface area contributed by atoms with Gasteiger partial charge < -0.3 is 5.11 Å². The summed E-state index contributed by atoms with van der Waals surface area (Å²) in [4.78, 5) is 0. The number of aliphatic hydroxyl groups excluding tert-OH is 1. The molecule has 0 heterocycles. The monoisotopic (exact) mass is 272 g/mol. The molecule has 7 heteroatoms. The third-order valence-electron chi connectivity index (χ3n) is 2.53. The van der Waals surface area contributed by atoms with Crippen molar-refractivity contribution in [2.24, 2.45) is 5.92 Å². The van der Waals surface area contributed by atoms with E-state index in [0.717, 1.165) is 6.07 Å². The second kappa shape index (κ2) is 4.79. The van der Waals surface area contributed by atoms with Crippen LogP contribution in [0.1, 0.15) is 17.2 Å². The van der Waals surface area contributed by atoms with Crippen molar-refractivity contribution in [3.63, 3.8) is 0 Å². The van der Waals surface area contributed by atoms with Crippen LogP contribution in [0.2, 0.25) is 0 Å². The molecule has 0 aliphatic carbocycles. The first-order valence-electron chi connectivity index (χ1n) is 4.92. The van der Waals surface area contributed by atoms with Gasteiger partial charge in [0.1, 0.15) is 0 Å². The molecule has 18 heavy (non-hydrogen) atoms. The van der Waals surface area contributed by atoms with E-state index in [2.05, 4.69) is 0 Å². The normalized spacial score (nSPS) is 14.9. The number of aliphatic hydroxyl groups is 1. The first-order chi connectivity index (χ1) is 8.05. The van der Waals surface area contributed by atoms with Crippen LogP contribution in [0.25, 0.3) is 0 Å². The third kappa shape index (κ3) is 3.16. The minimum Gasteiger partial charge on any atom is -0.387 e. The predicted octanol–water partition coefficient (Wildman–Crippen LogP) is 3.77. The molecule has 1 unspecified atom stereocenters. The summed E-state index contributed by atoms with van der Waals surface area (Å²) in [6, 6.07) is 5.12. The van der Waals surface area contributed by atoms with Gasteiger partial charge in [-0.15, -0.1) is 0 Å². The van der Waals surface area contributed by atoms with Gasteiger partial charge in [-0.25, -0.2) is 0 Å². The number of halogens is 6. The highest BCUT2D eigenvalue weighted by molar-refractivity contribution is 5.28. The zero-order chi connectivity index (χ0) is 14.1. The molecule has 0 saturated carbocycles. The summed E-state index contributed by atoms with van der Waals surface area (Å²) in [5.41, 5.74) is -0.208. The van der Waals surface area contributed by atoms with E-state index in [4.69, 9.17) is 0 Å². The zero-order valence-electron chi connectivity index (χ0n) is 9.18. The first kappa shape index (κ1) is 14.8. The fourth-order valence-corrected chi connectivity index (χ4v) is 1.64. The molecule has 0 amide bonds. The van der Waals surface area contributed by atoms with Gasteiger partial charge in [-0.3, -0.25) is 0 Å². The Hall–Kier alpha value is -1.24. The predicted molar refractivity (Wildman–Crippen MR) is 51.7 cm³/mol. The van der Waals surface area contributed by atoms with Gasteiger partial charge in [0, 0.05) is 0 Å². The van der Waals surface area contributed by atoms with Crippen molar-refractivity contribution >= 4 is 0 Å². The lowest BCUT2D eigenvalue weighted by molar-refractivity contribution is -0.307. The van der Waals surface area contributed by atoms with Crippen molar-refractivity contribution in [2.45, 2.75) is 25.4 Å². The van der Waals surface area contributed by atoms with Crippen LogP contribution >= 0.6 is 0 Å². The minimum absolute atomic E-state index is 0.170. The lowest BCUT2D eigenvalue weighted by Gasteiger charge is -2.28.